The maximum Gasteiger partial charge on any atom is 0.222 e. The molecule has 0 radical (unpaired) electrons. The number of nitrogens with zero attached hydrogens (tertiary/aromatic N) is 1. The minimum Gasteiger partial charge on any atom is -0.343 e. The number of nitrogens with two attached hydrogens (primary N) is 1. The van der Waals surface area contributed by atoms with Crippen LogP contribution in [0.1, 0.15) is 32.1 Å². The van der Waals surface area contributed by atoms with Gasteiger partial charge < -0.3 is 10.6 Å². The summed E-state index contributed by atoms with van der Waals surface area (Å²) in [5.41, 5.74) is 5.61. The van der Waals surface area contributed by atoms with Crippen LogP contribution >= 0.6 is 0 Å². The van der Waals surface area contributed by atoms with E-state index in [0.29, 0.717) is 11.8 Å². The van der Waals surface area contributed by atoms with E-state index in [1.54, 1.807) is 0 Å². The van der Waals surface area contributed by atoms with Gasteiger partial charge in [-0.2, -0.15) is 0 Å². The largest absolute Gasteiger partial charge is 0.343 e. The monoisotopic (exact) mass is 196 g/mol. The number of hydrogen-bond acceptors (Lipinski definition) is 2. The molecule has 1 aliphatic heterocycles. The third kappa shape index (κ3) is 2.47. The summed E-state index contributed by atoms with van der Waals surface area (Å²) in [5.74, 6) is 1.75. The summed E-state index contributed by atoms with van der Waals surface area (Å²) >= 11 is 0. The molecule has 1 saturated carbocycles. The molecule has 0 bridgehead atoms. The molecule has 1 heterocycles. The van der Waals surface area contributed by atoms with Crippen LogP contribution in [0.15, 0.2) is 0 Å². The second-order valence-corrected chi connectivity index (χ2v) is 4.71. The van der Waals surface area contributed by atoms with E-state index in [-0.39, 0.29) is 0 Å². The van der Waals surface area contributed by atoms with Gasteiger partial charge in [-0.1, -0.05) is 0 Å². The molecule has 1 saturated heterocycles. The van der Waals surface area contributed by atoms with E-state index in [2.05, 4.69) is 0 Å². The van der Waals surface area contributed by atoms with Gasteiger partial charge in [0.1, 0.15) is 0 Å². The van der Waals surface area contributed by atoms with Crippen LogP contribution in [0.5, 0.6) is 0 Å². The highest BCUT2D eigenvalue weighted by Gasteiger charge is 2.28. The summed E-state index contributed by atoms with van der Waals surface area (Å²) in [6.45, 7) is 2.66. The Hall–Kier alpha value is -0.570. The molecule has 3 heteroatoms. The number of carbonyl (C=O) groups excluding carboxylic acids is 1. The SMILES string of the molecule is NCC1CCN(C(=O)CC2CC2)CC1. The number of rotatable bonds is 3. The van der Waals surface area contributed by atoms with Crippen LogP contribution in [0.3, 0.4) is 0 Å². The van der Waals surface area contributed by atoms with Crippen molar-refractivity contribution >= 4 is 5.91 Å². The maximum atomic E-state index is 11.7. The Morgan fingerprint density at radius 2 is 1.79 bits per heavy atom. The number of likely N-dealkylation sites (tertiary alicyclic amines) is 1. The van der Waals surface area contributed by atoms with Gasteiger partial charge in [-0.25, -0.2) is 0 Å². The fourth-order valence-electron chi connectivity index (χ4n) is 2.12. The molecular weight excluding hydrogens is 176 g/mol. The van der Waals surface area contributed by atoms with Crippen LogP contribution in [0.4, 0.5) is 0 Å². The van der Waals surface area contributed by atoms with Gasteiger partial charge in [0, 0.05) is 19.5 Å². The quantitative estimate of drug-likeness (QED) is 0.731. The van der Waals surface area contributed by atoms with Crippen molar-refractivity contribution in [3.63, 3.8) is 0 Å². The van der Waals surface area contributed by atoms with E-state index in [0.717, 1.165) is 44.8 Å². The van der Waals surface area contributed by atoms with Crippen LogP contribution in [-0.4, -0.2) is 30.4 Å². The van der Waals surface area contributed by atoms with Gasteiger partial charge >= 0.3 is 0 Å². The molecule has 0 spiro atoms. The first kappa shape index (κ1) is 9.97. The number of amides is 1. The summed E-state index contributed by atoms with van der Waals surface area (Å²) in [5, 5.41) is 0. The van der Waals surface area contributed by atoms with Crippen LogP contribution in [0, 0.1) is 11.8 Å². The third-order valence-corrected chi connectivity index (χ3v) is 3.46. The summed E-state index contributed by atoms with van der Waals surface area (Å²) in [7, 11) is 0. The maximum absolute atomic E-state index is 11.7. The molecule has 0 aromatic heterocycles. The predicted molar refractivity (Wildman–Crippen MR) is 55.7 cm³/mol. The number of piperidine rings is 1. The van der Waals surface area contributed by atoms with Gasteiger partial charge in [-0.15, -0.1) is 0 Å². The van der Waals surface area contributed by atoms with Gasteiger partial charge in [0.15, 0.2) is 0 Å². The van der Waals surface area contributed by atoms with E-state index in [1.165, 1.54) is 12.8 Å². The molecule has 1 aliphatic carbocycles. The van der Waals surface area contributed by atoms with Crippen molar-refractivity contribution in [2.75, 3.05) is 19.6 Å². The summed E-state index contributed by atoms with van der Waals surface area (Å²) in [6.07, 6.45) is 5.54. The second-order valence-electron chi connectivity index (χ2n) is 4.71. The Balaban J connectivity index is 1.73. The zero-order valence-electron chi connectivity index (χ0n) is 8.74. The Morgan fingerprint density at radius 1 is 1.14 bits per heavy atom. The zero-order chi connectivity index (χ0) is 9.97. The van der Waals surface area contributed by atoms with Crippen LogP contribution < -0.4 is 5.73 Å². The zero-order valence-corrected chi connectivity index (χ0v) is 8.74. The minimum atomic E-state index is 0.378. The Kier molecular flexibility index (Phi) is 3.06. The van der Waals surface area contributed by atoms with E-state index >= 15 is 0 Å². The molecule has 3 nitrogen and oxygen atoms in total. The van der Waals surface area contributed by atoms with Crippen molar-refractivity contribution in [3.8, 4) is 0 Å². The minimum absolute atomic E-state index is 0.378. The lowest BCUT2D eigenvalue weighted by atomic mass is 9.97. The highest BCUT2D eigenvalue weighted by atomic mass is 16.2. The van der Waals surface area contributed by atoms with Gasteiger partial charge in [0.05, 0.1) is 0 Å². The summed E-state index contributed by atoms with van der Waals surface area (Å²) in [6, 6.07) is 0. The molecule has 0 aromatic carbocycles. The standard InChI is InChI=1S/C11H20N2O/c12-8-10-3-5-13(6-4-10)11(14)7-9-1-2-9/h9-10H,1-8,12H2. The second kappa shape index (κ2) is 4.30. The molecule has 80 valence electrons. The van der Waals surface area contributed by atoms with E-state index in [1.807, 2.05) is 4.90 Å². The average Bonchev–Trinajstić information content (AvgIpc) is 3.02. The van der Waals surface area contributed by atoms with Crippen LogP contribution in [0.2, 0.25) is 0 Å². The molecule has 0 unspecified atom stereocenters. The van der Waals surface area contributed by atoms with E-state index < -0.39 is 0 Å². The molecule has 2 fully saturated rings. The first-order valence-electron chi connectivity index (χ1n) is 5.77. The van der Waals surface area contributed by atoms with Gasteiger partial charge in [-0.05, 0) is 44.1 Å². The third-order valence-electron chi connectivity index (χ3n) is 3.46. The fourth-order valence-corrected chi connectivity index (χ4v) is 2.12. The van der Waals surface area contributed by atoms with Crippen LogP contribution in [-0.2, 0) is 4.79 Å². The Morgan fingerprint density at radius 3 is 2.29 bits per heavy atom. The summed E-state index contributed by atoms with van der Waals surface area (Å²) < 4.78 is 0. The number of carbonyl (C=O) groups is 1. The van der Waals surface area contributed by atoms with E-state index in [4.69, 9.17) is 5.73 Å². The Bertz CT molecular complexity index is 205. The molecule has 1 amide bonds. The smallest absolute Gasteiger partial charge is 0.222 e. The lowest BCUT2D eigenvalue weighted by Gasteiger charge is -2.31. The van der Waals surface area contributed by atoms with Crippen molar-refractivity contribution in [1.82, 2.24) is 4.90 Å². The first-order chi connectivity index (χ1) is 6.79. The van der Waals surface area contributed by atoms with Crippen molar-refractivity contribution < 1.29 is 4.79 Å². The summed E-state index contributed by atoms with van der Waals surface area (Å²) in [4.78, 5) is 13.8. The molecule has 0 aromatic rings. The van der Waals surface area contributed by atoms with Gasteiger partial charge in [0.2, 0.25) is 5.91 Å². The molecular formula is C11H20N2O. The van der Waals surface area contributed by atoms with Crippen molar-refractivity contribution in [3.05, 3.63) is 0 Å². The molecule has 14 heavy (non-hydrogen) atoms. The van der Waals surface area contributed by atoms with Crippen LogP contribution in [0.25, 0.3) is 0 Å². The van der Waals surface area contributed by atoms with Gasteiger partial charge in [-0.3, -0.25) is 4.79 Å². The van der Waals surface area contributed by atoms with Gasteiger partial charge in [0.25, 0.3) is 0 Å². The predicted octanol–water partition coefficient (Wildman–Crippen LogP) is 0.984. The molecule has 2 N–H and O–H groups in total. The lowest BCUT2D eigenvalue weighted by Crippen LogP contribution is -2.40. The Labute approximate surface area is 85.6 Å². The highest BCUT2D eigenvalue weighted by Crippen LogP contribution is 2.33. The topological polar surface area (TPSA) is 46.3 Å². The first-order valence-corrected chi connectivity index (χ1v) is 5.77. The van der Waals surface area contributed by atoms with Crippen molar-refractivity contribution in [1.29, 1.82) is 0 Å². The lowest BCUT2D eigenvalue weighted by molar-refractivity contribution is -0.132. The molecule has 2 rings (SSSR count). The van der Waals surface area contributed by atoms with E-state index in [9.17, 15) is 4.79 Å². The molecule has 0 atom stereocenters. The number of hydrogen-bond donors (Lipinski definition) is 1. The molecule has 2 aliphatic rings. The normalized spacial score (nSPS) is 23.9. The fraction of sp³-hybridized carbons (Fsp3) is 0.909. The highest BCUT2D eigenvalue weighted by molar-refractivity contribution is 5.76. The van der Waals surface area contributed by atoms with Crippen molar-refractivity contribution in [2.45, 2.75) is 32.1 Å². The van der Waals surface area contributed by atoms with Crippen molar-refractivity contribution in [2.24, 2.45) is 17.6 Å². The average molecular weight is 196 g/mol.